The van der Waals surface area contributed by atoms with Crippen LogP contribution in [0.15, 0.2) is 18.2 Å². The topological polar surface area (TPSA) is 61.9 Å². The molecule has 2 fully saturated rings. The molecule has 2 heterocycles. The molecule has 1 aromatic carbocycles. The highest BCUT2D eigenvalue weighted by Gasteiger charge is 2.30. The third-order valence-electron chi connectivity index (χ3n) is 4.21. The maximum Gasteiger partial charge on any atom is 0.254 e. The fourth-order valence-corrected chi connectivity index (χ4v) is 3.46. The van der Waals surface area contributed by atoms with Gasteiger partial charge in [0.2, 0.25) is 5.91 Å². The van der Waals surface area contributed by atoms with E-state index in [1.165, 1.54) is 0 Å². The van der Waals surface area contributed by atoms with E-state index in [9.17, 15) is 9.59 Å². The zero-order chi connectivity index (χ0) is 17.1. The molecule has 1 unspecified atom stereocenters. The molecule has 0 radical (unpaired) electrons. The lowest BCUT2D eigenvalue weighted by Gasteiger charge is -2.37. The Morgan fingerprint density at radius 1 is 1.04 bits per heavy atom. The van der Waals surface area contributed by atoms with E-state index < -0.39 is 0 Å². The number of morpholine rings is 1. The van der Waals surface area contributed by atoms with Gasteiger partial charge in [-0.25, -0.2) is 0 Å². The molecule has 1 aromatic rings. The number of rotatable bonds is 2. The molecule has 0 saturated carbocycles. The average Bonchev–Trinajstić information content (AvgIpc) is 2.60. The average molecular weight is 409 g/mol. The number of carbonyl (C=O) groups is 2. The molecule has 25 heavy (non-hydrogen) atoms. The highest BCUT2D eigenvalue weighted by molar-refractivity contribution is 6.35. The second kappa shape index (κ2) is 9.05. The quantitative estimate of drug-likeness (QED) is 0.809. The number of ether oxygens (including phenoxy) is 1. The second-order valence-electron chi connectivity index (χ2n) is 5.86. The third-order valence-corrected chi connectivity index (χ3v) is 4.64. The maximum atomic E-state index is 12.6. The van der Waals surface area contributed by atoms with E-state index in [4.69, 9.17) is 27.9 Å². The molecule has 6 nitrogen and oxygen atoms in total. The predicted octanol–water partition coefficient (Wildman–Crippen LogP) is 1.69. The Labute approximate surface area is 162 Å². The van der Waals surface area contributed by atoms with Gasteiger partial charge in [-0.3, -0.25) is 9.59 Å². The van der Waals surface area contributed by atoms with Crippen LogP contribution in [-0.2, 0) is 9.53 Å². The molecular formula is C16H20Cl3N3O3. The van der Waals surface area contributed by atoms with Crippen LogP contribution in [0.1, 0.15) is 10.4 Å². The minimum Gasteiger partial charge on any atom is -0.378 e. The molecule has 0 aromatic heterocycles. The molecule has 3 rings (SSSR count). The molecular weight excluding hydrogens is 389 g/mol. The second-order valence-corrected chi connectivity index (χ2v) is 6.73. The largest absolute Gasteiger partial charge is 0.378 e. The standard InChI is InChI=1S/C16H19Cl2N3O3.ClH/c17-12-7-11(8-13(18)9-12)15(22)20-2-4-21(5-3-20)16(23)14-10-24-6-1-19-14;/h7-9,14,19H,1-6,10H2;1H. The van der Waals surface area contributed by atoms with E-state index in [-0.39, 0.29) is 30.3 Å². The summed E-state index contributed by atoms with van der Waals surface area (Å²) in [7, 11) is 0. The Balaban J connectivity index is 0.00000225. The lowest BCUT2D eigenvalue weighted by molar-refractivity contribution is -0.137. The highest BCUT2D eigenvalue weighted by Crippen LogP contribution is 2.20. The molecule has 9 heteroatoms. The zero-order valence-corrected chi connectivity index (χ0v) is 15.9. The molecule has 1 N–H and O–H groups in total. The Morgan fingerprint density at radius 2 is 1.64 bits per heavy atom. The number of hydrogen-bond acceptors (Lipinski definition) is 4. The van der Waals surface area contributed by atoms with Gasteiger partial charge in [-0.2, -0.15) is 0 Å². The summed E-state index contributed by atoms with van der Waals surface area (Å²) in [6, 6.07) is 4.52. The molecule has 2 aliphatic heterocycles. The Hall–Kier alpha value is -1.05. The molecule has 1 atom stereocenters. The van der Waals surface area contributed by atoms with Crippen LogP contribution in [-0.4, -0.2) is 73.6 Å². The highest BCUT2D eigenvalue weighted by atomic mass is 35.5. The number of amides is 2. The summed E-state index contributed by atoms with van der Waals surface area (Å²) < 4.78 is 5.33. The Morgan fingerprint density at radius 3 is 2.20 bits per heavy atom. The van der Waals surface area contributed by atoms with Crippen molar-refractivity contribution in [1.82, 2.24) is 15.1 Å². The predicted molar refractivity (Wildman–Crippen MR) is 98.8 cm³/mol. The van der Waals surface area contributed by atoms with Gasteiger partial charge in [-0.15, -0.1) is 12.4 Å². The monoisotopic (exact) mass is 407 g/mol. The first-order valence-electron chi connectivity index (χ1n) is 7.90. The van der Waals surface area contributed by atoms with Crippen LogP contribution in [0, 0.1) is 0 Å². The van der Waals surface area contributed by atoms with Gasteiger partial charge >= 0.3 is 0 Å². The van der Waals surface area contributed by atoms with E-state index in [1.54, 1.807) is 28.0 Å². The van der Waals surface area contributed by atoms with Gasteiger partial charge in [0.25, 0.3) is 5.91 Å². The number of halogens is 3. The van der Waals surface area contributed by atoms with E-state index in [0.717, 1.165) is 0 Å². The van der Waals surface area contributed by atoms with Crippen LogP contribution in [0.5, 0.6) is 0 Å². The number of benzene rings is 1. The van der Waals surface area contributed by atoms with Crippen molar-refractivity contribution in [1.29, 1.82) is 0 Å². The van der Waals surface area contributed by atoms with Gasteiger partial charge < -0.3 is 19.9 Å². The first kappa shape index (κ1) is 20.3. The summed E-state index contributed by atoms with van der Waals surface area (Å²) in [5.74, 6) is -0.0850. The summed E-state index contributed by atoms with van der Waals surface area (Å²) in [6.07, 6.45) is 0. The lowest BCUT2D eigenvalue weighted by Crippen LogP contribution is -2.57. The van der Waals surface area contributed by atoms with E-state index >= 15 is 0 Å². The molecule has 2 saturated heterocycles. The van der Waals surface area contributed by atoms with Gasteiger partial charge in [-0.1, -0.05) is 23.2 Å². The van der Waals surface area contributed by atoms with E-state index in [2.05, 4.69) is 5.32 Å². The fourth-order valence-electron chi connectivity index (χ4n) is 2.93. The molecule has 138 valence electrons. The van der Waals surface area contributed by atoms with Gasteiger partial charge in [0.05, 0.1) is 13.2 Å². The minimum atomic E-state index is -0.285. The molecule has 2 aliphatic rings. The number of nitrogens with one attached hydrogen (secondary N) is 1. The van der Waals surface area contributed by atoms with Crippen molar-refractivity contribution in [3.63, 3.8) is 0 Å². The van der Waals surface area contributed by atoms with E-state index in [1.807, 2.05) is 0 Å². The number of piperazine rings is 1. The van der Waals surface area contributed by atoms with Gasteiger partial charge in [-0.05, 0) is 18.2 Å². The normalized spacial score (nSPS) is 20.8. The lowest BCUT2D eigenvalue weighted by atomic mass is 10.1. The summed E-state index contributed by atoms with van der Waals surface area (Å²) in [5.41, 5.74) is 0.467. The Bertz CT molecular complexity index is 610. The van der Waals surface area contributed by atoms with Gasteiger partial charge in [0.15, 0.2) is 0 Å². The smallest absolute Gasteiger partial charge is 0.254 e. The number of nitrogens with zero attached hydrogens (tertiary/aromatic N) is 2. The summed E-state index contributed by atoms with van der Waals surface area (Å²) >= 11 is 11.9. The van der Waals surface area contributed by atoms with Crippen LogP contribution in [0.2, 0.25) is 10.0 Å². The summed E-state index contributed by atoms with van der Waals surface area (Å²) in [6.45, 7) is 3.72. The molecule has 0 spiro atoms. The molecule has 0 bridgehead atoms. The van der Waals surface area contributed by atoms with Crippen molar-refractivity contribution in [2.45, 2.75) is 6.04 Å². The van der Waals surface area contributed by atoms with Gasteiger partial charge in [0.1, 0.15) is 6.04 Å². The van der Waals surface area contributed by atoms with Crippen LogP contribution in [0.3, 0.4) is 0 Å². The molecule has 2 amide bonds. The van der Waals surface area contributed by atoms with Crippen molar-refractivity contribution in [3.8, 4) is 0 Å². The SMILES string of the molecule is Cl.O=C(c1cc(Cl)cc(Cl)c1)N1CCN(C(=O)C2COCCN2)CC1. The molecule has 0 aliphatic carbocycles. The fraction of sp³-hybridized carbons (Fsp3) is 0.500. The summed E-state index contributed by atoms with van der Waals surface area (Å²) in [5, 5.41) is 4.03. The number of hydrogen-bond donors (Lipinski definition) is 1. The van der Waals surface area contributed by atoms with Crippen molar-refractivity contribution in [2.75, 3.05) is 45.9 Å². The van der Waals surface area contributed by atoms with Crippen LogP contribution >= 0.6 is 35.6 Å². The van der Waals surface area contributed by atoms with Crippen molar-refractivity contribution in [3.05, 3.63) is 33.8 Å². The first-order valence-corrected chi connectivity index (χ1v) is 8.65. The Kier molecular flexibility index (Phi) is 7.34. The van der Waals surface area contributed by atoms with Crippen LogP contribution < -0.4 is 5.32 Å². The van der Waals surface area contributed by atoms with Crippen molar-refractivity contribution < 1.29 is 14.3 Å². The van der Waals surface area contributed by atoms with Gasteiger partial charge in [0, 0.05) is 48.3 Å². The third kappa shape index (κ3) is 4.99. The minimum absolute atomic E-state index is 0. The summed E-state index contributed by atoms with van der Waals surface area (Å²) in [4.78, 5) is 28.5. The zero-order valence-electron chi connectivity index (χ0n) is 13.5. The first-order chi connectivity index (χ1) is 11.5. The van der Waals surface area contributed by atoms with Crippen molar-refractivity contribution >= 4 is 47.4 Å². The number of carbonyl (C=O) groups excluding carboxylic acids is 2. The maximum absolute atomic E-state index is 12.6. The van der Waals surface area contributed by atoms with Crippen LogP contribution in [0.25, 0.3) is 0 Å². The van der Waals surface area contributed by atoms with Crippen molar-refractivity contribution in [2.24, 2.45) is 0 Å². The van der Waals surface area contributed by atoms with E-state index in [0.29, 0.717) is 61.5 Å². The van der Waals surface area contributed by atoms with Crippen LogP contribution in [0.4, 0.5) is 0 Å².